The lowest BCUT2D eigenvalue weighted by Gasteiger charge is -2.10. The summed E-state index contributed by atoms with van der Waals surface area (Å²) in [6.45, 7) is 2.02. The third-order valence-corrected chi connectivity index (χ3v) is 3.13. The normalized spacial score (nSPS) is 10.2. The molecule has 0 aliphatic rings. The lowest BCUT2D eigenvalue weighted by atomic mass is 10.2. The first-order valence-electron chi connectivity index (χ1n) is 5.57. The lowest BCUT2D eigenvalue weighted by Crippen LogP contribution is -2.24. The molecule has 0 saturated carbocycles. The van der Waals surface area contributed by atoms with Crippen LogP contribution in [0.2, 0.25) is 5.02 Å². The minimum atomic E-state index is -0.500. The number of aryl methyl sites for hydroxylation is 1. The molecular weight excluding hydrogens is 267 g/mol. The van der Waals surface area contributed by atoms with Gasteiger partial charge in [-0.25, -0.2) is 4.39 Å². The van der Waals surface area contributed by atoms with E-state index >= 15 is 0 Å². The molecule has 0 amide bonds. The van der Waals surface area contributed by atoms with E-state index in [4.69, 9.17) is 16.9 Å². The van der Waals surface area contributed by atoms with Gasteiger partial charge in [-0.05, 0) is 36.8 Å². The standard InChI is InChI=1S/C14H10ClFN2O/c1-9-2-4-11(7-17)14(19)18(9)8-10-3-5-13(16)12(15)6-10/h2-6H,8H2,1H3. The molecule has 0 bridgehead atoms. The Hall–Kier alpha value is -2.12. The molecule has 0 fully saturated rings. The number of aromatic nitrogens is 1. The van der Waals surface area contributed by atoms with E-state index in [1.807, 2.05) is 6.07 Å². The van der Waals surface area contributed by atoms with Crippen LogP contribution in [-0.4, -0.2) is 4.57 Å². The molecule has 0 atom stereocenters. The van der Waals surface area contributed by atoms with Crippen molar-refractivity contribution < 1.29 is 4.39 Å². The van der Waals surface area contributed by atoms with E-state index in [0.29, 0.717) is 5.56 Å². The number of nitrogens with zero attached hydrogens (tertiary/aromatic N) is 2. The maximum Gasteiger partial charge on any atom is 0.268 e. The van der Waals surface area contributed by atoms with Gasteiger partial charge in [0.15, 0.2) is 0 Å². The van der Waals surface area contributed by atoms with Gasteiger partial charge in [0.25, 0.3) is 5.56 Å². The van der Waals surface area contributed by atoms with Gasteiger partial charge in [-0.2, -0.15) is 5.26 Å². The molecule has 0 unspecified atom stereocenters. The molecule has 1 heterocycles. The van der Waals surface area contributed by atoms with E-state index in [1.165, 1.54) is 22.8 Å². The minimum Gasteiger partial charge on any atom is -0.307 e. The van der Waals surface area contributed by atoms with Crippen LogP contribution in [0, 0.1) is 24.1 Å². The first-order chi connectivity index (χ1) is 9.02. The van der Waals surface area contributed by atoms with E-state index in [-0.39, 0.29) is 22.7 Å². The van der Waals surface area contributed by atoms with Gasteiger partial charge in [-0.3, -0.25) is 4.79 Å². The fourth-order valence-electron chi connectivity index (χ4n) is 1.77. The van der Waals surface area contributed by atoms with Crippen molar-refractivity contribution in [3.8, 4) is 6.07 Å². The van der Waals surface area contributed by atoms with E-state index in [0.717, 1.165) is 5.69 Å². The van der Waals surface area contributed by atoms with Crippen molar-refractivity contribution in [3.05, 3.63) is 68.3 Å². The Balaban J connectivity index is 2.46. The minimum absolute atomic E-state index is 0.0136. The summed E-state index contributed by atoms with van der Waals surface area (Å²) in [7, 11) is 0. The molecule has 0 radical (unpaired) electrons. The summed E-state index contributed by atoms with van der Waals surface area (Å²) >= 11 is 5.70. The monoisotopic (exact) mass is 276 g/mol. The molecule has 0 aliphatic carbocycles. The molecule has 0 spiro atoms. The number of benzene rings is 1. The Kier molecular flexibility index (Phi) is 3.68. The second-order valence-electron chi connectivity index (χ2n) is 4.14. The molecule has 0 N–H and O–H groups in total. The lowest BCUT2D eigenvalue weighted by molar-refractivity contribution is 0.626. The van der Waals surface area contributed by atoms with Crippen LogP contribution < -0.4 is 5.56 Å². The zero-order chi connectivity index (χ0) is 14.0. The maximum absolute atomic E-state index is 13.1. The fourth-order valence-corrected chi connectivity index (χ4v) is 1.98. The Labute approximate surface area is 114 Å². The van der Waals surface area contributed by atoms with Crippen molar-refractivity contribution in [2.24, 2.45) is 0 Å². The second-order valence-corrected chi connectivity index (χ2v) is 4.55. The van der Waals surface area contributed by atoms with Crippen LogP contribution >= 0.6 is 11.6 Å². The van der Waals surface area contributed by atoms with Crippen LogP contribution in [0.5, 0.6) is 0 Å². The van der Waals surface area contributed by atoms with Gasteiger partial charge < -0.3 is 4.57 Å². The van der Waals surface area contributed by atoms with Gasteiger partial charge in [0.1, 0.15) is 17.4 Å². The zero-order valence-electron chi connectivity index (χ0n) is 10.2. The van der Waals surface area contributed by atoms with Crippen molar-refractivity contribution in [2.45, 2.75) is 13.5 Å². The fraction of sp³-hybridized carbons (Fsp3) is 0.143. The molecule has 3 nitrogen and oxygen atoms in total. The van der Waals surface area contributed by atoms with Crippen LogP contribution in [-0.2, 0) is 6.54 Å². The molecule has 96 valence electrons. The van der Waals surface area contributed by atoms with Gasteiger partial charge in [0.05, 0.1) is 11.6 Å². The smallest absolute Gasteiger partial charge is 0.268 e. The average Bonchev–Trinajstić information content (AvgIpc) is 2.39. The molecular formula is C14H10ClFN2O. The number of halogens is 2. The Morgan fingerprint density at radius 2 is 2.11 bits per heavy atom. The number of hydrogen-bond acceptors (Lipinski definition) is 2. The Bertz CT molecular complexity index is 731. The maximum atomic E-state index is 13.1. The molecule has 1 aromatic carbocycles. The van der Waals surface area contributed by atoms with Gasteiger partial charge in [-0.15, -0.1) is 0 Å². The molecule has 0 aliphatic heterocycles. The highest BCUT2D eigenvalue weighted by Gasteiger charge is 2.08. The molecule has 5 heteroatoms. The van der Waals surface area contributed by atoms with Gasteiger partial charge in [0, 0.05) is 5.69 Å². The van der Waals surface area contributed by atoms with E-state index in [2.05, 4.69) is 0 Å². The summed E-state index contributed by atoms with van der Waals surface area (Å²) < 4.78 is 14.5. The van der Waals surface area contributed by atoms with Crippen LogP contribution in [0.25, 0.3) is 0 Å². The topological polar surface area (TPSA) is 45.8 Å². The summed E-state index contributed by atoms with van der Waals surface area (Å²) in [5.74, 6) is -0.500. The van der Waals surface area contributed by atoms with Gasteiger partial charge in [-0.1, -0.05) is 17.7 Å². The SMILES string of the molecule is Cc1ccc(C#N)c(=O)n1Cc1ccc(F)c(Cl)c1. The van der Waals surface area contributed by atoms with Crippen molar-refractivity contribution >= 4 is 11.6 Å². The van der Waals surface area contributed by atoms with Crippen molar-refractivity contribution in [1.29, 1.82) is 5.26 Å². The van der Waals surface area contributed by atoms with Crippen LogP contribution in [0.15, 0.2) is 35.1 Å². The molecule has 1 aromatic heterocycles. The summed E-state index contributed by atoms with van der Waals surface area (Å²) in [6, 6.07) is 9.33. The van der Waals surface area contributed by atoms with Crippen molar-refractivity contribution in [3.63, 3.8) is 0 Å². The number of rotatable bonds is 2. The van der Waals surface area contributed by atoms with E-state index < -0.39 is 5.82 Å². The van der Waals surface area contributed by atoms with Crippen LogP contribution in [0.4, 0.5) is 4.39 Å². The highest BCUT2D eigenvalue weighted by molar-refractivity contribution is 6.30. The second kappa shape index (κ2) is 5.25. The largest absolute Gasteiger partial charge is 0.307 e. The highest BCUT2D eigenvalue weighted by atomic mass is 35.5. The molecule has 19 heavy (non-hydrogen) atoms. The van der Waals surface area contributed by atoms with E-state index in [1.54, 1.807) is 19.1 Å². The predicted octanol–water partition coefficient (Wildman–Crippen LogP) is 2.87. The molecule has 2 rings (SSSR count). The Morgan fingerprint density at radius 3 is 2.74 bits per heavy atom. The third-order valence-electron chi connectivity index (χ3n) is 2.84. The van der Waals surface area contributed by atoms with Crippen molar-refractivity contribution in [2.75, 3.05) is 0 Å². The van der Waals surface area contributed by atoms with Crippen molar-refractivity contribution in [1.82, 2.24) is 4.57 Å². The summed E-state index contributed by atoms with van der Waals surface area (Å²) in [5, 5.41) is 8.86. The summed E-state index contributed by atoms with van der Waals surface area (Å²) in [6.07, 6.45) is 0. The first kappa shape index (κ1) is 13.3. The Morgan fingerprint density at radius 1 is 1.37 bits per heavy atom. The number of nitriles is 1. The van der Waals surface area contributed by atoms with Crippen LogP contribution in [0.1, 0.15) is 16.8 Å². The number of pyridine rings is 1. The zero-order valence-corrected chi connectivity index (χ0v) is 10.9. The van der Waals surface area contributed by atoms with E-state index in [9.17, 15) is 9.18 Å². The molecule has 2 aromatic rings. The summed E-state index contributed by atoms with van der Waals surface area (Å²) in [5.41, 5.74) is 1.15. The van der Waals surface area contributed by atoms with Crippen LogP contribution in [0.3, 0.4) is 0 Å². The first-order valence-corrected chi connectivity index (χ1v) is 5.95. The highest BCUT2D eigenvalue weighted by Crippen LogP contribution is 2.16. The van der Waals surface area contributed by atoms with Gasteiger partial charge in [0.2, 0.25) is 0 Å². The average molecular weight is 277 g/mol. The third kappa shape index (κ3) is 2.67. The summed E-state index contributed by atoms with van der Waals surface area (Å²) in [4.78, 5) is 12.0. The number of hydrogen-bond donors (Lipinski definition) is 0. The molecule has 0 saturated heterocycles. The quantitative estimate of drug-likeness (QED) is 0.847. The predicted molar refractivity (Wildman–Crippen MR) is 70.7 cm³/mol. The van der Waals surface area contributed by atoms with Gasteiger partial charge >= 0.3 is 0 Å².